The molecule has 0 aliphatic rings. The number of amides is 1. The summed E-state index contributed by atoms with van der Waals surface area (Å²) in [6.07, 6.45) is 3.15. The molecule has 0 radical (unpaired) electrons. The largest absolute Gasteiger partial charge is 0.319 e. The average molecular weight is 298 g/mol. The number of nitrogens with one attached hydrogen (secondary N) is 1. The second-order valence-corrected chi connectivity index (χ2v) is 5.02. The molecular weight excluding hydrogens is 286 g/mol. The Hall–Kier alpha value is -2.46. The van der Waals surface area contributed by atoms with Gasteiger partial charge in [0.1, 0.15) is 10.8 Å². The molecule has 3 rings (SSSR count). The molecule has 0 unspecified atom stereocenters. The topological polar surface area (TPSA) is 54.9 Å². The average Bonchev–Trinajstić information content (AvgIpc) is 2.50. The Balaban J connectivity index is 1.95. The van der Waals surface area contributed by atoms with Gasteiger partial charge in [0.25, 0.3) is 5.91 Å². The molecular formula is C16H12ClN3O. The van der Waals surface area contributed by atoms with Gasteiger partial charge in [-0.2, -0.15) is 0 Å². The molecule has 1 aromatic carbocycles. The van der Waals surface area contributed by atoms with Gasteiger partial charge in [0.15, 0.2) is 0 Å². The molecule has 1 amide bonds. The van der Waals surface area contributed by atoms with Crippen molar-refractivity contribution < 1.29 is 4.79 Å². The van der Waals surface area contributed by atoms with Gasteiger partial charge in [0.05, 0.1) is 11.9 Å². The summed E-state index contributed by atoms with van der Waals surface area (Å²) in [7, 11) is 0. The van der Waals surface area contributed by atoms with E-state index < -0.39 is 0 Å². The van der Waals surface area contributed by atoms with E-state index in [0.29, 0.717) is 16.5 Å². The van der Waals surface area contributed by atoms with Crippen molar-refractivity contribution in [1.82, 2.24) is 9.97 Å². The highest BCUT2D eigenvalue weighted by Crippen LogP contribution is 2.19. The molecule has 0 aliphatic heterocycles. The summed E-state index contributed by atoms with van der Waals surface area (Å²) in [5.74, 6) is -0.268. The fourth-order valence-corrected chi connectivity index (χ4v) is 2.22. The normalized spacial score (nSPS) is 10.6. The number of aryl methyl sites for hydroxylation is 1. The molecule has 2 heterocycles. The van der Waals surface area contributed by atoms with Crippen molar-refractivity contribution in [2.24, 2.45) is 0 Å². The van der Waals surface area contributed by atoms with Gasteiger partial charge in [0.2, 0.25) is 0 Å². The number of rotatable bonds is 2. The van der Waals surface area contributed by atoms with Crippen LogP contribution in [-0.4, -0.2) is 15.9 Å². The van der Waals surface area contributed by atoms with Gasteiger partial charge in [-0.25, -0.2) is 4.98 Å². The molecule has 1 N–H and O–H groups in total. The minimum atomic E-state index is -0.268. The summed E-state index contributed by atoms with van der Waals surface area (Å²) < 4.78 is 0. The highest BCUT2D eigenvalue weighted by molar-refractivity contribution is 6.30. The zero-order valence-electron chi connectivity index (χ0n) is 11.3. The lowest BCUT2D eigenvalue weighted by molar-refractivity contribution is 0.102. The van der Waals surface area contributed by atoms with Crippen LogP contribution in [0.15, 0.2) is 48.8 Å². The predicted molar refractivity (Wildman–Crippen MR) is 83.7 cm³/mol. The van der Waals surface area contributed by atoms with Crippen LogP contribution in [-0.2, 0) is 0 Å². The molecule has 3 aromatic rings. The number of hydrogen-bond acceptors (Lipinski definition) is 3. The monoisotopic (exact) mass is 297 g/mol. The van der Waals surface area contributed by atoms with Gasteiger partial charge < -0.3 is 5.32 Å². The van der Waals surface area contributed by atoms with Crippen molar-refractivity contribution in [3.63, 3.8) is 0 Å². The third kappa shape index (κ3) is 2.71. The SMILES string of the molecule is Cc1cc(NC(=O)c2nccc3ccccc23)cnc1Cl. The van der Waals surface area contributed by atoms with Crippen LogP contribution in [0.25, 0.3) is 10.8 Å². The van der Waals surface area contributed by atoms with E-state index in [9.17, 15) is 4.79 Å². The lowest BCUT2D eigenvalue weighted by atomic mass is 10.1. The smallest absolute Gasteiger partial charge is 0.274 e. The van der Waals surface area contributed by atoms with E-state index in [2.05, 4.69) is 15.3 Å². The van der Waals surface area contributed by atoms with E-state index >= 15 is 0 Å². The van der Waals surface area contributed by atoms with Crippen molar-refractivity contribution in [3.8, 4) is 0 Å². The maximum atomic E-state index is 12.4. The number of nitrogens with zero attached hydrogens (tertiary/aromatic N) is 2. The van der Waals surface area contributed by atoms with E-state index in [1.165, 1.54) is 6.20 Å². The van der Waals surface area contributed by atoms with Gasteiger partial charge in [-0.15, -0.1) is 0 Å². The number of aromatic nitrogens is 2. The number of fused-ring (bicyclic) bond motifs is 1. The number of hydrogen-bond donors (Lipinski definition) is 1. The summed E-state index contributed by atoms with van der Waals surface area (Å²) in [4.78, 5) is 20.6. The van der Waals surface area contributed by atoms with E-state index in [0.717, 1.165) is 16.3 Å². The van der Waals surface area contributed by atoms with Crippen molar-refractivity contribution in [1.29, 1.82) is 0 Å². The van der Waals surface area contributed by atoms with Crippen LogP contribution < -0.4 is 5.32 Å². The first-order chi connectivity index (χ1) is 10.1. The van der Waals surface area contributed by atoms with E-state index in [4.69, 9.17) is 11.6 Å². The Morgan fingerprint density at radius 3 is 2.81 bits per heavy atom. The van der Waals surface area contributed by atoms with E-state index in [1.54, 1.807) is 12.3 Å². The molecule has 5 heteroatoms. The molecule has 0 saturated heterocycles. The van der Waals surface area contributed by atoms with Crippen LogP contribution in [0.5, 0.6) is 0 Å². The lowest BCUT2D eigenvalue weighted by Gasteiger charge is -2.08. The zero-order chi connectivity index (χ0) is 14.8. The molecule has 0 spiro atoms. The summed E-state index contributed by atoms with van der Waals surface area (Å²) >= 11 is 5.88. The third-order valence-corrected chi connectivity index (χ3v) is 3.56. The Kier molecular flexibility index (Phi) is 3.54. The molecule has 2 aromatic heterocycles. The first-order valence-electron chi connectivity index (χ1n) is 6.42. The highest BCUT2D eigenvalue weighted by atomic mass is 35.5. The second-order valence-electron chi connectivity index (χ2n) is 4.67. The third-order valence-electron chi connectivity index (χ3n) is 3.16. The fourth-order valence-electron chi connectivity index (χ4n) is 2.12. The second kappa shape index (κ2) is 5.50. The minimum absolute atomic E-state index is 0.268. The molecule has 104 valence electrons. The Morgan fingerprint density at radius 1 is 1.19 bits per heavy atom. The maximum Gasteiger partial charge on any atom is 0.274 e. The van der Waals surface area contributed by atoms with Gasteiger partial charge in [0, 0.05) is 11.6 Å². The predicted octanol–water partition coefficient (Wildman–Crippen LogP) is 3.84. The van der Waals surface area contributed by atoms with Gasteiger partial charge in [-0.3, -0.25) is 9.78 Å². The van der Waals surface area contributed by atoms with Crippen LogP contribution >= 0.6 is 11.6 Å². The van der Waals surface area contributed by atoms with Crippen molar-refractivity contribution >= 4 is 34.0 Å². The Morgan fingerprint density at radius 2 is 2.00 bits per heavy atom. The van der Waals surface area contributed by atoms with Crippen molar-refractivity contribution in [2.45, 2.75) is 6.92 Å². The van der Waals surface area contributed by atoms with Crippen LogP contribution in [0.2, 0.25) is 5.15 Å². The van der Waals surface area contributed by atoms with Crippen molar-refractivity contribution in [2.75, 3.05) is 5.32 Å². The number of pyridine rings is 2. The molecule has 0 bridgehead atoms. The number of carbonyl (C=O) groups is 1. The molecule has 0 fully saturated rings. The first-order valence-corrected chi connectivity index (χ1v) is 6.80. The van der Waals surface area contributed by atoms with Gasteiger partial charge in [-0.1, -0.05) is 35.9 Å². The van der Waals surface area contributed by atoms with Crippen LogP contribution in [0.4, 0.5) is 5.69 Å². The molecule has 0 saturated carbocycles. The maximum absolute atomic E-state index is 12.4. The van der Waals surface area contributed by atoms with Gasteiger partial charge >= 0.3 is 0 Å². The summed E-state index contributed by atoms with van der Waals surface area (Å²) in [6.45, 7) is 1.83. The highest BCUT2D eigenvalue weighted by Gasteiger charge is 2.12. The van der Waals surface area contributed by atoms with Crippen LogP contribution in [0.3, 0.4) is 0 Å². The number of anilines is 1. The van der Waals surface area contributed by atoms with Gasteiger partial charge in [-0.05, 0) is 30.0 Å². The Bertz CT molecular complexity index is 827. The quantitative estimate of drug-likeness (QED) is 0.731. The fraction of sp³-hybridized carbons (Fsp3) is 0.0625. The standard InChI is InChI=1S/C16H12ClN3O/c1-10-8-12(9-19-15(10)17)20-16(21)14-13-5-3-2-4-11(13)6-7-18-14/h2-9H,1H3,(H,20,21). The minimum Gasteiger partial charge on any atom is -0.319 e. The summed E-state index contributed by atoms with van der Waals surface area (Å²) in [5, 5.41) is 5.01. The molecule has 4 nitrogen and oxygen atoms in total. The van der Waals surface area contributed by atoms with Crippen LogP contribution in [0.1, 0.15) is 16.1 Å². The molecule has 0 aliphatic carbocycles. The number of benzene rings is 1. The zero-order valence-corrected chi connectivity index (χ0v) is 12.1. The molecule has 21 heavy (non-hydrogen) atoms. The lowest BCUT2D eigenvalue weighted by Crippen LogP contribution is -2.14. The van der Waals surface area contributed by atoms with E-state index in [-0.39, 0.29) is 5.91 Å². The first kappa shape index (κ1) is 13.5. The van der Waals surface area contributed by atoms with Crippen molar-refractivity contribution in [3.05, 3.63) is 65.2 Å². The van der Waals surface area contributed by atoms with Crippen LogP contribution in [0, 0.1) is 6.92 Å². The summed E-state index contributed by atoms with van der Waals surface area (Å²) in [5.41, 5.74) is 1.79. The number of carbonyl (C=O) groups excluding carboxylic acids is 1. The van der Waals surface area contributed by atoms with E-state index in [1.807, 2.05) is 37.3 Å². The summed E-state index contributed by atoms with van der Waals surface area (Å²) in [6, 6.07) is 11.3. The molecule has 0 atom stereocenters. The Labute approximate surface area is 126 Å². The number of halogens is 1.